The maximum absolute atomic E-state index is 10.3. The molecule has 2 heterocycles. The third kappa shape index (κ3) is 7.21. The van der Waals surface area contributed by atoms with E-state index in [2.05, 4.69) is 65.4 Å². The van der Waals surface area contributed by atoms with Crippen LogP contribution in [0, 0.1) is 0 Å². The zero-order valence-corrected chi connectivity index (χ0v) is 30.3. The molecular weight excluding hydrogens is 748 g/mol. The topological polar surface area (TPSA) is 230 Å². The monoisotopic (exact) mass is 794 g/mol. The van der Waals surface area contributed by atoms with Crippen LogP contribution in [0.2, 0.25) is 0 Å². The van der Waals surface area contributed by atoms with Gasteiger partial charge in [0.15, 0.2) is 6.29 Å². The Morgan fingerprint density at radius 2 is 0.845 bits per heavy atom. The second-order valence-electron chi connectivity index (χ2n) is 14.4. The molecular formula is C45H46O13. The van der Waals surface area contributed by atoms with E-state index in [1.807, 2.05) is 36.4 Å². The summed E-state index contributed by atoms with van der Waals surface area (Å²) in [6, 6.07) is 36.4. The first kappa shape index (κ1) is 41.2. The standard InChI is InChI=1S/C22H20O6.C16H10O.C6H12O6.CH4/c23-10-16-19(24)20(25)21(26)22(28-16)27-15-9-7-13-5-4-11-2-1-3-12-6-8-14(15)18(13)17(11)12;17-14-9-7-12-5-4-10-2-1-3-11-6-8-13(14)16(12)15(10)11;7-1-2-3(8)4(9)5(10)6(11)12-2;/h1-9,16,19-26H,10H2;1-9,17H;2-11H,1H2;1H4/t16-,19-,20+,21-,22-;;2-,3-,4+,5-,6-;/m1.1./s1. The third-order valence-electron chi connectivity index (χ3n) is 11.0. The molecule has 8 aromatic rings. The predicted molar refractivity (Wildman–Crippen MR) is 219 cm³/mol. The molecule has 2 saturated heterocycles. The second-order valence-corrected chi connectivity index (χ2v) is 14.4. The largest absolute Gasteiger partial charge is 0.507 e. The minimum absolute atomic E-state index is 0. The Hall–Kier alpha value is -5.00. The van der Waals surface area contributed by atoms with Crippen LogP contribution < -0.4 is 4.74 Å². The summed E-state index contributed by atoms with van der Waals surface area (Å²) in [5.74, 6) is 0.853. The summed E-state index contributed by atoms with van der Waals surface area (Å²) < 4.78 is 16.0. The molecule has 2 aliphatic heterocycles. The molecule has 0 aliphatic carbocycles. The quantitative estimate of drug-likeness (QED) is 0.115. The van der Waals surface area contributed by atoms with Crippen LogP contribution in [0.4, 0.5) is 0 Å². The number of aliphatic hydroxyl groups is 9. The molecule has 58 heavy (non-hydrogen) atoms. The van der Waals surface area contributed by atoms with Crippen molar-refractivity contribution in [2.45, 2.75) is 68.8 Å². The molecule has 0 spiro atoms. The van der Waals surface area contributed by atoms with Gasteiger partial charge in [0.25, 0.3) is 0 Å². The van der Waals surface area contributed by atoms with Crippen LogP contribution in [-0.2, 0) is 9.47 Å². The highest BCUT2D eigenvalue weighted by atomic mass is 16.7. The number of ether oxygens (including phenoxy) is 3. The van der Waals surface area contributed by atoms with Crippen LogP contribution in [0.15, 0.2) is 109 Å². The average Bonchev–Trinajstić information content (AvgIpc) is 3.24. The van der Waals surface area contributed by atoms with Gasteiger partial charge in [-0.15, -0.1) is 0 Å². The van der Waals surface area contributed by atoms with E-state index in [0.29, 0.717) is 11.5 Å². The van der Waals surface area contributed by atoms with Crippen molar-refractivity contribution >= 4 is 64.6 Å². The van der Waals surface area contributed by atoms with E-state index in [1.165, 1.54) is 26.9 Å². The van der Waals surface area contributed by atoms with Gasteiger partial charge in [-0.2, -0.15) is 0 Å². The van der Waals surface area contributed by atoms with Crippen LogP contribution >= 0.6 is 0 Å². The van der Waals surface area contributed by atoms with Crippen molar-refractivity contribution in [3.63, 3.8) is 0 Å². The van der Waals surface area contributed by atoms with Crippen molar-refractivity contribution < 1.29 is 65.3 Å². The number of phenolic OH excluding ortho intramolecular Hbond substituents is 1. The molecule has 0 unspecified atom stereocenters. The number of hydrogen-bond acceptors (Lipinski definition) is 13. The van der Waals surface area contributed by atoms with E-state index in [9.17, 15) is 25.5 Å². The summed E-state index contributed by atoms with van der Waals surface area (Å²) in [5.41, 5.74) is 0. The summed E-state index contributed by atoms with van der Waals surface area (Å²) in [4.78, 5) is 0. The molecule has 2 fully saturated rings. The van der Waals surface area contributed by atoms with Crippen molar-refractivity contribution in [2.24, 2.45) is 0 Å². The SMILES string of the molecule is C.OC[C@H]1O[C@@H](O)[C@H](O)[C@@H](O)[C@@H]1O.OC[C@H]1O[C@@H](Oc2ccc3ccc4cccc5ccc2c3c45)[C@H](O)[C@@H](O)[C@@H]1O.Oc1ccc2ccc3cccc4ccc1c2c34. The first-order chi connectivity index (χ1) is 27.5. The number of aliphatic hydroxyl groups excluding tert-OH is 9. The van der Waals surface area contributed by atoms with E-state index in [-0.39, 0.29) is 7.43 Å². The third-order valence-corrected chi connectivity index (χ3v) is 11.0. The Morgan fingerprint density at radius 3 is 1.38 bits per heavy atom. The molecule has 13 heteroatoms. The van der Waals surface area contributed by atoms with Gasteiger partial charge in [-0.3, -0.25) is 0 Å². The smallest absolute Gasteiger partial charge is 0.229 e. The Bertz CT molecular complexity index is 2590. The van der Waals surface area contributed by atoms with Gasteiger partial charge < -0.3 is 65.3 Å². The minimum atomic E-state index is -1.57. The first-order valence-corrected chi connectivity index (χ1v) is 18.5. The molecule has 10 atom stereocenters. The molecule has 2 aliphatic rings. The minimum Gasteiger partial charge on any atom is -0.507 e. The van der Waals surface area contributed by atoms with Gasteiger partial charge in [0.2, 0.25) is 6.29 Å². The number of hydrogen-bond donors (Lipinski definition) is 10. The molecule has 0 radical (unpaired) electrons. The summed E-state index contributed by atoms with van der Waals surface area (Å²) in [7, 11) is 0. The Kier molecular flexibility index (Phi) is 11.9. The van der Waals surface area contributed by atoms with Crippen molar-refractivity contribution in [3.05, 3.63) is 109 Å². The van der Waals surface area contributed by atoms with Gasteiger partial charge in [0.05, 0.1) is 13.2 Å². The normalized spacial score (nSPS) is 27.3. The average molecular weight is 795 g/mol. The van der Waals surface area contributed by atoms with E-state index < -0.39 is 74.6 Å². The zero-order chi connectivity index (χ0) is 40.1. The maximum atomic E-state index is 10.3. The van der Waals surface area contributed by atoms with Gasteiger partial charge in [0, 0.05) is 21.5 Å². The molecule has 10 N–H and O–H groups in total. The van der Waals surface area contributed by atoms with Crippen LogP contribution in [0.1, 0.15) is 7.43 Å². The van der Waals surface area contributed by atoms with Gasteiger partial charge >= 0.3 is 0 Å². The molecule has 0 saturated carbocycles. The summed E-state index contributed by atoms with van der Waals surface area (Å²) in [6.45, 7) is -1.02. The first-order valence-electron chi connectivity index (χ1n) is 18.5. The van der Waals surface area contributed by atoms with Crippen molar-refractivity contribution in [2.75, 3.05) is 13.2 Å². The molecule has 304 valence electrons. The van der Waals surface area contributed by atoms with E-state index >= 15 is 0 Å². The number of phenols is 1. The molecule has 0 amide bonds. The van der Waals surface area contributed by atoms with Gasteiger partial charge in [-0.1, -0.05) is 98.4 Å². The lowest BCUT2D eigenvalue weighted by Crippen LogP contribution is -2.60. The predicted octanol–water partition coefficient (Wildman–Crippen LogP) is 3.47. The molecule has 8 aromatic carbocycles. The van der Waals surface area contributed by atoms with Crippen LogP contribution in [-0.4, -0.2) is 126 Å². The lowest BCUT2D eigenvalue weighted by molar-refractivity contribution is -0.286. The molecule has 0 aromatic heterocycles. The van der Waals surface area contributed by atoms with Gasteiger partial charge in [-0.05, 0) is 61.3 Å². The highest BCUT2D eigenvalue weighted by Gasteiger charge is 2.45. The van der Waals surface area contributed by atoms with Crippen molar-refractivity contribution in [1.82, 2.24) is 0 Å². The summed E-state index contributed by atoms with van der Waals surface area (Å²) in [6.07, 6.45) is -13.6. The van der Waals surface area contributed by atoms with Crippen LogP contribution in [0.25, 0.3) is 64.6 Å². The Morgan fingerprint density at radius 1 is 0.431 bits per heavy atom. The lowest BCUT2D eigenvalue weighted by atomic mass is 9.94. The molecule has 0 bridgehead atoms. The second kappa shape index (κ2) is 16.7. The lowest BCUT2D eigenvalue weighted by Gasteiger charge is -2.39. The fourth-order valence-corrected chi connectivity index (χ4v) is 7.90. The number of benzene rings is 8. The fraction of sp³-hybridized carbons (Fsp3) is 0.289. The Balaban J connectivity index is 0.000000145. The van der Waals surface area contributed by atoms with Gasteiger partial charge in [0.1, 0.15) is 60.3 Å². The van der Waals surface area contributed by atoms with Crippen LogP contribution in [0.5, 0.6) is 11.5 Å². The van der Waals surface area contributed by atoms with Crippen LogP contribution in [0.3, 0.4) is 0 Å². The Labute approximate surface area is 332 Å². The van der Waals surface area contributed by atoms with Crippen molar-refractivity contribution in [1.29, 1.82) is 0 Å². The van der Waals surface area contributed by atoms with Crippen molar-refractivity contribution in [3.8, 4) is 11.5 Å². The summed E-state index contributed by atoms with van der Waals surface area (Å²) >= 11 is 0. The highest BCUT2D eigenvalue weighted by molar-refractivity contribution is 6.25. The number of aromatic hydroxyl groups is 1. The van der Waals surface area contributed by atoms with E-state index in [4.69, 9.17) is 35.0 Å². The molecule has 10 rings (SSSR count). The highest BCUT2D eigenvalue weighted by Crippen LogP contribution is 2.40. The van der Waals surface area contributed by atoms with E-state index in [0.717, 1.165) is 37.7 Å². The van der Waals surface area contributed by atoms with Gasteiger partial charge in [-0.25, -0.2) is 0 Å². The fourth-order valence-electron chi connectivity index (χ4n) is 7.90. The zero-order valence-electron chi connectivity index (χ0n) is 30.3. The van der Waals surface area contributed by atoms with E-state index in [1.54, 1.807) is 12.1 Å². The maximum Gasteiger partial charge on any atom is 0.229 e. The summed E-state index contributed by atoms with van der Waals surface area (Å²) in [5, 5.41) is 108. The molecule has 13 nitrogen and oxygen atoms in total. The number of rotatable bonds is 4.